The molecule has 2 aromatic heterocycles. The molecule has 0 saturated heterocycles. The number of carbonyl (C=O) groups excluding carboxylic acids is 2. The van der Waals surface area contributed by atoms with Gasteiger partial charge in [0.2, 0.25) is 0 Å². The number of fused-ring (bicyclic) bond motifs is 1. The monoisotopic (exact) mass is 301 g/mol. The molecule has 1 N–H and O–H groups in total. The molecule has 1 amide bonds. The predicted molar refractivity (Wildman–Crippen MR) is 78.8 cm³/mol. The second kappa shape index (κ2) is 5.37. The van der Waals surface area contributed by atoms with Crippen molar-refractivity contribution in [2.75, 3.05) is 12.4 Å². The maximum Gasteiger partial charge on any atom is 0.337 e. The molecular formula is C14H11N3O3S. The Morgan fingerprint density at radius 3 is 3.05 bits per heavy atom. The second-order valence-electron chi connectivity index (χ2n) is 4.23. The number of nitrogens with one attached hydrogen (secondary N) is 1. The Hall–Kier alpha value is -2.67. The summed E-state index contributed by atoms with van der Waals surface area (Å²) in [7, 11) is 1.31. The van der Waals surface area contributed by atoms with Gasteiger partial charge in [-0.15, -0.1) is 11.3 Å². The molecule has 1 aromatic carbocycles. The number of nitrogens with zero attached hydrogens (tertiary/aromatic N) is 2. The molecule has 0 aliphatic rings. The second-order valence-corrected chi connectivity index (χ2v) is 5.06. The molecule has 0 radical (unpaired) electrons. The lowest BCUT2D eigenvalue weighted by Crippen LogP contribution is -2.14. The van der Waals surface area contributed by atoms with Gasteiger partial charge in [0, 0.05) is 23.5 Å². The highest BCUT2D eigenvalue weighted by atomic mass is 32.1. The van der Waals surface area contributed by atoms with Crippen LogP contribution in [0.4, 0.5) is 5.69 Å². The van der Waals surface area contributed by atoms with Gasteiger partial charge in [-0.1, -0.05) is 6.07 Å². The molecule has 2 heterocycles. The number of esters is 1. The van der Waals surface area contributed by atoms with E-state index >= 15 is 0 Å². The molecule has 0 spiro atoms. The van der Waals surface area contributed by atoms with Crippen molar-refractivity contribution >= 4 is 33.9 Å². The Balaban J connectivity index is 1.85. The average Bonchev–Trinajstić information content (AvgIpc) is 3.09. The van der Waals surface area contributed by atoms with Crippen LogP contribution in [-0.4, -0.2) is 28.4 Å². The third kappa shape index (κ3) is 2.50. The number of carbonyl (C=O) groups is 2. The molecule has 7 heteroatoms. The topological polar surface area (TPSA) is 72.7 Å². The lowest BCUT2D eigenvalue weighted by Gasteiger charge is -2.06. The van der Waals surface area contributed by atoms with Crippen LogP contribution in [0.15, 0.2) is 42.0 Å². The van der Waals surface area contributed by atoms with E-state index in [1.54, 1.807) is 46.4 Å². The number of aromatic nitrogens is 2. The van der Waals surface area contributed by atoms with Gasteiger partial charge in [-0.3, -0.25) is 9.20 Å². The first-order valence-electron chi connectivity index (χ1n) is 6.09. The zero-order chi connectivity index (χ0) is 14.8. The van der Waals surface area contributed by atoms with Gasteiger partial charge in [0.15, 0.2) is 4.96 Å². The molecule has 0 aliphatic carbocycles. The maximum absolute atomic E-state index is 12.3. The number of ether oxygens (including phenoxy) is 1. The van der Waals surface area contributed by atoms with E-state index in [2.05, 4.69) is 15.0 Å². The molecule has 6 nitrogen and oxygen atoms in total. The zero-order valence-corrected chi connectivity index (χ0v) is 11.9. The number of methoxy groups -OCH3 is 1. The third-order valence-electron chi connectivity index (χ3n) is 2.92. The van der Waals surface area contributed by atoms with Crippen molar-refractivity contribution < 1.29 is 14.3 Å². The summed E-state index contributed by atoms with van der Waals surface area (Å²) in [5.41, 5.74) is 1.41. The first-order chi connectivity index (χ1) is 10.2. The molecule has 21 heavy (non-hydrogen) atoms. The van der Waals surface area contributed by atoms with Crippen molar-refractivity contribution in [3.8, 4) is 0 Å². The Labute approximate surface area is 124 Å². The fraction of sp³-hybridized carbons (Fsp3) is 0.0714. The summed E-state index contributed by atoms with van der Waals surface area (Å²) in [6, 6.07) is 6.59. The summed E-state index contributed by atoms with van der Waals surface area (Å²) < 4.78 is 6.37. The van der Waals surface area contributed by atoms with Crippen LogP contribution in [-0.2, 0) is 4.74 Å². The zero-order valence-electron chi connectivity index (χ0n) is 11.1. The molecule has 0 aliphatic heterocycles. The fourth-order valence-electron chi connectivity index (χ4n) is 1.93. The van der Waals surface area contributed by atoms with E-state index in [0.717, 1.165) is 4.96 Å². The van der Waals surface area contributed by atoms with Crippen molar-refractivity contribution in [2.24, 2.45) is 0 Å². The number of hydrogen-bond donors (Lipinski definition) is 1. The van der Waals surface area contributed by atoms with Crippen molar-refractivity contribution in [2.45, 2.75) is 0 Å². The number of benzene rings is 1. The predicted octanol–water partition coefficient (Wildman–Crippen LogP) is 2.43. The average molecular weight is 301 g/mol. The van der Waals surface area contributed by atoms with Crippen LogP contribution in [0.25, 0.3) is 4.96 Å². The molecule has 0 bridgehead atoms. The van der Waals surface area contributed by atoms with Crippen LogP contribution < -0.4 is 5.32 Å². The standard InChI is InChI=1S/C14H11N3O3S/c1-20-13(19)9-3-2-4-10(7-9)16-12(18)11-8-21-14-15-5-6-17(11)14/h2-8H,1H3,(H,16,18). The number of rotatable bonds is 3. The Morgan fingerprint density at radius 2 is 2.24 bits per heavy atom. The van der Waals surface area contributed by atoms with Crippen LogP contribution in [0.2, 0.25) is 0 Å². The normalized spacial score (nSPS) is 10.5. The van der Waals surface area contributed by atoms with Gasteiger partial charge in [-0.05, 0) is 18.2 Å². The van der Waals surface area contributed by atoms with Gasteiger partial charge in [0.25, 0.3) is 5.91 Å². The van der Waals surface area contributed by atoms with Gasteiger partial charge >= 0.3 is 5.97 Å². The van der Waals surface area contributed by atoms with E-state index in [9.17, 15) is 9.59 Å². The Morgan fingerprint density at radius 1 is 1.38 bits per heavy atom. The molecule has 106 valence electrons. The van der Waals surface area contributed by atoms with Crippen LogP contribution in [0.1, 0.15) is 20.8 Å². The SMILES string of the molecule is COC(=O)c1cccc(NC(=O)c2csc3nccn23)c1. The Kier molecular flexibility index (Phi) is 3.41. The first kappa shape index (κ1) is 13.3. The smallest absolute Gasteiger partial charge is 0.337 e. The molecule has 0 saturated carbocycles. The van der Waals surface area contributed by atoms with E-state index in [4.69, 9.17) is 0 Å². The maximum atomic E-state index is 12.3. The molecule has 0 fully saturated rings. The highest BCUT2D eigenvalue weighted by Gasteiger charge is 2.13. The highest BCUT2D eigenvalue weighted by Crippen LogP contribution is 2.17. The molecule has 3 aromatic rings. The van der Waals surface area contributed by atoms with E-state index < -0.39 is 5.97 Å². The summed E-state index contributed by atoms with van der Waals surface area (Å²) in [6.07, 6.45) is 3.37. The van der Waals surface area contributed by atoms with Crippen molar-refractivity contribution in [3.63, 3.8) is 0 Å². The number of hydrogen-bond acceptors (Lipinski definition) is 5. The summed E-state index contributed by atoms with van der Waals surface area (Å²) in [5.74, 6) is -0.708. The first-order valence-corrected chi connectivity index (χ1v) is 6.97. The highest BCUT2D eigenvalue weighted by molar-refractivity contribution is 7.15. The van der Waals surface area contributed by atoms with Crippen molar-refractivity contribution in [3.05, 3.63) is 53.3 Å². The van der Waals surface area contributed by atoms with E-state index in [0.29, 0.717) is 16.9 Å². The number of imidazole rings is 1. The number of anilines is 1. The molecule has 0 unspecified atom stereocenters. The van der Waals surface area contributed by atoms with Gasteiger partial charge < -0.3 is 10.1 Å². The Bertz CT molecular complexity index is 822. The van der Waals surface area contributed by atoms with Crippen LogP contribution in [0.3, 0.4) is 0 Å². The summed E-state index contributed by atoms with van der Waals surface area (Å²) in [5, 5.41) is 4.49. The van der Waals surface area contributed by atoms with Gasteiger partial charge in [-0.25, -0.2) is 9.78 Å². The number of amides is 1. The largest absolute Gasteiger partial charge is 0.465 e. The molecule has 0 atom stereocenters. The minimum Gasteiger partial charge on any atom is -0.465 e. The minimum atomic E-state index is -0.446. The van der Waals surface area contributed by atoms with Crippen LogP contribution in [0.5, 0.6) is 0 Å². The molecular weight excluding hydrogens is 290 g/mol. The van der Waals surface area contributed by atoms with Crippen molar-refractivity contribution in [1.29, 1.82) is 0 Å². The third-order valence-corrected chi connectivity index (χ3v) is 3.77. The van der Waals surface area contributed by atoms with E-state index in [1.807, 2.05) is 0 Å². The van der Waals surface area contributed by atoms with Crippen LogP contribution in [0, 0.1) is 0 Å². The number of thiazole rings is 1. The lowest BCUT2D eigenvalue weighted by atomic mass is 10.2. The fourth-order valence-corrected chi connectivity index (χ4v) is 2.76. The lowest BCUT2D eigenvalue weighted by molar-refractivity contribution is 0.0600. The quantitative estimate of drug-likeness (QED) is 0.754. The summed E-state index contributed by atoms with van der Waals surface area (Å²) >= 11 is 1.39. The van der Waals surface area contributed by atoms with Gasteiger partial charge in [0.05, 0.1) is 12.7 Å². The van der Waals surface area contributed by atoms with Gasteiger partial charge in [0.1, 0.15) is 5.69 Å². The van der Waals surface area contributed by atoms with Crippen LogP contribution >= 0.6 is 11.3 Å². The summed E-state index contributed by atoms with van der Waals surface area (Å²) in [6.45, 7) is 0. The van der Waals surface area contributed by atoms with Crippen molar-refractivity contribution in [1.82, 2.24) is 9.38 Å². The van der Waals surface area contributed by atoms with Gasteiger partial charge in [-0.2, -0.15) is 0 Å². The summed E-state index contributed by atoms with van der Waals surface area (Å²) in [4.78, 5) is 28.6. The minimum absolute atomic E-state index is 0.263. The molecule has 3 rings (SSSR count). The van der Waals surface area contributed by atoms with E-state index in [-0.39, 0.29) is 5.91 Å². The van der Waals surface area contributed by atoms with E-state index in [1.165, 1.54) is 18.4 Å².